The maximum Gasteiger partial charge on any atom is 0.330 e. The molecule has 0 fully saturated rings. The van der Waals surface area contributed by atoms with Gasteiger partial charge >= 0.3 is 17.9 Å². The molecular formula is C35H36O9. The van der Waals surface area contributed by atoms with E-state index in [1.807, 2.05) is 72.8 Å². The highest BCUT2D eigenvalue weighted by Crippen LogP contribution is 2.40. The molecule has 3 rings (SSSR count). The summed E-state index contributed by atoms with van der Waals surface area (Å²) < 4.78 is 32.1. The van der Waals surface area contributed by atoms with E-state index in [9.17, 15) is 14.4 Å². The fourth-order valence-electron chi connectivity index (χ4n) is 4.24. The Hall–Kier alpha value is -5.31. The molecule has 0 aliphatic heterocycles. The molecule has 0 aliphatic carbocycles. The molecule has 0 amide bonds. The number of hydrogen-bond acceptors (Lipinski definition) is 9. The van der Waals surface area contributed by atoms with E-state index in [2.05, 4.69) is 26.7 Å². The van der Waals surface area contributed by atoms with Crippen LogP contribution in [0.1, 0.15) is 23.6 Å². The lowest BCUT2D eigenvalue weighted by Crippen LogP contribution is -2.25. The van der Waals surface area contributed by atoms with Crippen molar-refractivity contribution in [3.8, 4) is 17.2 Å². The predicted molar refractivity (Wildman–Crippen MR) is 165 cm³/mol. The SMILES string of the molecule is C=CC(=O)OCCOc1ccc(C(C)(c2ccc(OCCOC(=O)C=C)cc2)c2ccc(OCCOC(=O)C=C)cc2)cc1. The van der Waals surface area contributed by atoms with Crippen LogP contribution in [-0.4, -0.2) is 57.5 Å². The van der Waals surface area contributed by atoms with E-state index >= 15 is 0 Å². The molecule has 3 aromatic rings. The van der Waals surface area contributed by atoms with Crippen molar-refractivity contribution in [2.75, 3.05) is 39.6 Å². The normalized spacial score (nSPS) is 10.6. The third kappa shape index (κ3) is 9.62. The predicted octanol–water partition coefficient (Wildman–Crippen LogP) is 5.36. The van der Waals surface area contributed by atoms with Gasteiger partial charge in [0.25, 0.3) is 0 Å². The molecule has 9 heteroatoms. The first-order valence-electron chi connectivity index (χ1n) is 13.9. The van der Waals surface area contributed by atoms with Gasteiger partial charge in [0, 0.05) is 23.6 Å². The molecule has 0 heterocycles. The van der Waals surface area contributed by atoms with E-state index in [-0.39, 0.29) is 39.6 Å². The lowest BCUT2D eigenvalue weighted by atomic mass is 9.71. The summed E-state index contributed by atoms with van der Waals surface area (Å²) in [5, 5.41) is 0. The highest BCUT2D eigenvalue weighted by molar-refractivity contribution is 5.81. The van der Waals surface area contributed by atoms with Crippen LogP contribution in [0.3, 0.4) is 0 Å². The second-order valence-electron chi connectivity index (χ2n) is 9.36. The molecule has 0 saturated carbocycles. The third-order valence-corrected chi connectivity index (χ3v) is 6.58. The Kier molecular flexibility index (Phi) is 12.8. The fraction of sp³-hybridized carbons (Fsp3) is 0.229. The van der Waals surface area contributed by atoms with Gasteiger partial charge in [0.1, 0.15) is 56.9 Å². The van der Waals surface area contributed by atoms with Gasteiger partial charge in [-0.2, -0.15) is 0 Å². The van der Waals surface area contributed by atoms with Crippen LogP contribution in [0, 0.1) is 0 Å². The Morgan fingerprint density at radius 3 is 0.977 bits per heavy atom. The van der Waals surface area contributed by atoms with Crippen molar-refractivity contribution < 1.29 is 42.8 Å². The van der Waals surface area contributed by atoms with E-state index in [1.165, 1.54) is 0 Å². The topological polar surface area (TPSA) is 107 Å². The van der Waals surface area contributed by atoms with Crippen LogP contribution in [-0.2, 0) is 34.0 Å². The molecule has 3 aromatic carbocycles. The maximum atomic E-state index is 11.2. The van der Waals surface area contributed by atoms with Crippen molar-refractivity contribution >= 4 is 17.9 Å². The second-order valence-corrected chi connectivity index (χ2v) is 9.36. The summed E-state index contributed by atoms with van der Waals surface area (Å²) in [5.41, 5.74) is 2.41. The number of hydrogen-bond donors (Lipinski definition) is 0. The Balaban J connectivity index is 1.79. The van der Waals surface area contributed by atoms with Gasteiger partial charge in [0.05, 0.1) is 0 Å². The Labute approximate surface area is 257 Å². The molecule has 230 valence electrons. The molecule has 0 atom stereocenters. The summed E-state index contributed by atoms with van der Waals surface area (Å²) in [7, 11) is 0. The van der Waals surface area contributed by atoms with Gasteiger partial charge in [0.15, 0.2) is 0 Å². The van der Waals surface area contributed by atoms with Gasteiger partial charge in [-0.05, 0) is 60.0 Å². The van der Waals surface area contributed by atoms with Crippen LogP contribution in [0.15, 0.2) is 111 Å². The van der Waals surface area contributed by atoms with Crippen LogP contribution in [0.2, 0.25) is 0 Å². The summed E-state index contributed by atoms with van der Waals surface area (Å²) in [4.78, 5) is 33.7. The van der Waals surface area contributed by atoms with E-state index in [0.717, 1.165) is 34.9 Å². The zero-order valence-electron chi connectivity index (χ0n) is 24.7. The van der Waals surface area contributed by atoms with Crippen molar-refractivity contribution in [1.29, 1.82) is 0 Å². The smallest absolute Gasteiger partial charge is 0.330 e. The van der Waals surface area contributed by atoms with Crippen molar-refractivity contribution in [1.82, 2.24) is 0 Å². The van der Waals surface area contributed by atoms with Crippen molar-refractivity contribution in [3.63, 3.8) is 0 Å². The first kappa shape index (κ1) is 33.2. The van der Waals surface area contributed by atoms with Crippen LogP contribution >= 0.6 is 0 Å². The number of carbonyl (C=O) groups is 3. The van der Waals surface area contributed by atoms with E-state index in [0.29, 0.717) is 17.2 Å². The Morgan fingerprint density at radius 2 is 0.750 bits per heavy atom. The summed E-state index contributed by atoms with van der Waals surface area (Å²) in [6, 6.07) is 23.1. The molecule has 0 saturated heterocycles. The number of esters is 3. The standard InChI is InChI=1S/C35H36O9/c1-5-32(36)42-23-20-39-29-14-8-26(9-15-29)35(4,27-10-16-30(17-11-27)40-21-24-43-33(37)6-2)28-12-18-31(19-13-28)41-22-25-44-34(38)7-3/h5-19H,1-3,20-25H2,4H3. The number of benzene rings is 3. The molecule has 0 unspecified atom stereocenters. The van der Waals surface area contributed by atoms with Gasteiger partial charge in [-0.15, -0.1) is 0 Å². The second kappa shape index (κ2) is 17.0. The molecule has 0 aromatic heterocycles. The summed E-state index contributed by atoms with van der Waals surface area (Å²) in [6.07, 6.45) is 3.32. The molecule has 9 nitrogen and oxygen atoms in total. The van der Waals surface area contributed by atoms with Crippen molar-refractivity contribution in [2.24, 2.45) is 0 Å². The molecular weight excluding hydrogens is 564 g/mol. The number of ether oxygens (including phenoxy) is 6. The zero-order chi connectivity index (χ0) is 31.8. The molecule has 44 heavy (non-hydrogen) atoms. The average Bonchev–Trinajstić information content (AvgIpc) is 3.07. The lowest BCUT2D eigenvalue weighted by molar-refractivity contribution is -0.139. The third-order valence-electron chi connectivity index (χ3n) is 6.58. The Morgan fingerprint density at radius 1 is 0.500 bits per heavy atom. The van der Waals surface area contributed by atoms with Crippen LogP contribution in [0.5, 0.6) is 17.2 Å². The molecule has 0 radical (unpaired) electrons. The van der Waals surface area contributed by atoms with Crippen LogP contribution in [0.4, 0.5) is 0 Å². The lowest BCUT2D eigenvalue weighted by Gasteiger charge is -2.32. The molecule has 0 N–H and O–H groups in total. The van der Waals surface area contributed by atoms with Gasteiger partial charge < -0.3 is 28.4 Å². The van der Waals surface area contributed by atoms with E-state index in [1.54, 1.807) is 0 Å². The molecule has 0 bridgehead atoms. The maximum absolute atomic E-state index is 11.2. The monoisotopic (exact) mass is 600 g/mol. The minimum absolute atomic E-state index is 0.112. The van der Waals surface area contributed by atoms with Gasteiger partial charge in [0.2, 0.25) is 0 Å². The van der Waals surface area contributed by atoms with E-state index < -0.39 is 23.3 Å². The highest BCUT2D eigenvalue weighted by Gasteiger charge is 2.31. The largest absolute Gasteiger partial charge is 0.490 e. The summed E-state index contributed by atoms with van der Waals surface area (Å²) in [6.45, 7) is 13.2. The fourth-order valence-corrected chi connectivity index (χ4v) is 4.24. The van der Waals surface area contributed by atoms with E-state index in [4.69, 9.17) is 28.4 Å². The first-order chi connectivity index (χ1) is 21.3. The zero-order valence-corrected chi connectivity index (χ0v) is 24.7. The van der Waals surface area contributed by atoms with Gasteiger partial charge in [-0.1, -0.05) is 56.1 Å². The minimum atomic E-state index is -0.589. The highest BCUT2D eigenvalue weighted by atomic mass is 16.6. The van der Waals surface area contributed by atoms with Gasteiger partial charge in [-0.3, -0.25) is 0 Å². The Bertz CT molecular complexity index is 1240. The van der Waals surface area contributed by atoms with Crippen LogP contribution in [0.25, 0.3) is 0 Å². The van der Waals surface area contributed by atoms with Gasteiger partial charge in [-0.25, -0.2) is 14.4 Å². The van der Waals surface area contributed by atoms with Crippen LogP contribution < -0.4 is 14.2 Å². The summed E-state index contributed by atoms with van der Waals surface area (Å²) >= 11 is 0. The number of rotatable bonds is 18. The minimum Gasteiger partial charge on any atom is -0.490 e. The summed E-state index contributed by atoms with van der Waals surface area (Å²) in [5.74, 6) is 0.395. The first-order valence-corrected chi connectivity index (χ1v) is 13.9. The number of carbonyl (C=O) groups excluding carboxylic acids is 3. The van der Waals surface area contributed by atoms with Crippen molar-refractivity contribution in [2.45, 2.75) is 12.3 Å². The average molecular weight is 601 g/mol. The molecule has 0 spiro atoms. The van der Waals surface area contributed by atoms with Crippen molar-refractivity contribution in [3.05, 3.63) is 127 Å². The molecule has 0 aliphatic rings. The quantitative estimate of drug-likeness (QED) is 0.0627.